The van der Waals surface area contributed by atoms with Crippen molar-refractivity contribution in [3.8, 4) is 0 Å². The molecule has 58 valence electrons. The summed E-state index contributed by atoms with van der Waals surface area (Å²) in [6, 6.07) is 0. The second kappa shape index (κ2) is 2.29. The number of nitrogens with zero attached hydrogens (tertiary/aromatic N) is 2. The second-order valence-corrected chi connectivity index (χ2v) is 3.28. The molecular formula is C9H12N2. The van der Waals surface area contributed by atoms with E-state index in [4.69, 9.17) is 0 Å². The minimum absolute atomic E-state index is 0.623. The number of hydrogen-bond donors (Lipinski definition) is 0. The van der Waals surface area contributed by atoms with Crippen LogP contribution in [0.4, 0.5) is 0 Å². The van der Waals surface area contributed by atoms with Gasteiger partial charge >= 0.3 is 0 Å². The van der Waals surface area contributed by atoms with Gasteiger partial charge in [-0.2, -0.15) is 0 Å². The molecule has 2 nitrogen and oxygen atoms in total. The normalized spacial score (nSPS) is 21.8. The van der Waals surface area contributed by atoms with E-state index >= 15 is 0 Å². The van der Waals surface area contributed by atoms with Crippen molar-refractivity contribution in [2.24, 2.45) is 0 Å². The van der Waals surface area contributed by atoms with Crippen LogP contribution < -0.4 is 0 Å². The zero-order chi connectivity index (χ0) is 7.84. The van der Waals surface area contributed by atoms with E-state index in [0.717, 1.165) is 12.1 Å². The highest BCUT2D eigenvalue weighted by molar-refractivity contribution is 5.22. The zero-order valence-corrected chi connectivity index (χ0v) is 6.96. The Morgan fingerprint density at radius 2 is 2.36 bits per heavy atom. The highest BCUT2D eigenvalue weighted by atomic mass is 14.8. The molecule has 11 heavy (non-hydrogen) atoms. The number of hydrogen-bond acceptors (Lipinski definition) is 2. The average molecular weight is 148 g/mol. The van der Waals surface area contributed by atoms with Gasteiger partial charge in [0.05, 0.1) is 17.1 Å². The summed E-state index contributed by atoms with van der Waals surface area (Å²) in [6.45, 7) is 4.21. The van der Waals surface area contributed by atoms with Crippen LogP contribution in [0.1, 0.15) is 36.3 Å². The summed E-state index contributed by atoms with van der Waals surface area (Å²) in [5, 5.41) is 0. The van der Waals surface area contributed by atoms with Gasteiger partial charge in [0.25, 0.3) is 0 Å². The highest BCUT2D eigenvalue weighted by Gasteiger charge is 2.20. The fraction of sp³-hybridized carbons (Fsp3) is 0.556. The summed E-state index contributed by atoms with van der Waals surface area (Å²) < 4.78 is 0. The maximum absolute atomic E-state index is 4.44. The largest absolute Gasteiger partial charge is 0.257 e. The van der Waals surface area contributed by atoms with E-state index in [1.54, 1.807) is 0 Å². The van der Waals surface area contributed by atoms with Gasteiger partial charge in [0.1, 0.15) is 0 Å². The smallest absolute Gasteiger partial charge is 0.0647 e. The number of fused-ring (bicyclic) bond motifs is 1. The third-order valence-corrected chi connectivity index (χ3v) is 2.28. The van der Waals surface area contributed by atoms with E-state index in [2.05, 4.69) is 16.9 Å². The van der Waals surface area contributed by atoms with Crippen LogP contribution in [0.15, 0.2) is 6.20 Å². The third kappa shape index (κ3) is 1.02. The summed E-state index contributed by atoms with van der Waals surface area (Å²) in [7, 11) is 0. The molecule has 0 bridgehead atoms. The molecule has 1 atom stereocenters. The third-order valence-electron chi connectivity index (χ3n) is 2.28. The van der Waals surface area contributed by atoms with Gasteiger partial charge in [-0.05, 0) is 19.8 Å². The minimum Gasteiger partial charge on any atom is -0.257 e. The van der Waals surface area contributed by atoms with Gasteiger partial charge in [-0.3, -0.25) is 9.97 Å². The van der Waals surface area contributed by atoms with Crippen LogP contribution in [0, 0.1) is 6.92 Å². The van der Waals surface area contributed by atoms with Crippen molar-refractivity contribution in [1.82, 2.24) is 9.97 Å². The van der Waals surface area contributed by atoms with Gasteiger partial charge in [-0.1, -0.05) is 6.92 Å². The molecule has 0 radical (unpaired) electrons. The molecule has 0 unspecified atom stereocenters. The fourth-order valence-electron chi connectivity index (χ4n) is 1.62. The fourth-order valence-corrected chi connectivity index (χ4v) is 1.62. The first-order chi connectivity index (χ1) is 5.27. The van der Waals surface area contributed by atoms with E-state index in [9.17, 15) is 0 Å². The van der Waals surface area contributed by atoms with Gasteiger partial charge in [0.2, 0.25) is 0 Å². The van der Waals surface area contributed by atoms with Crippen molar-refractivity contribution in [1.29, 1.82) is 0 Å². The predicted octanol–water partition coefficient (Wildman–Crippen LogP) is 1.83. The molecule has 0 fully saturated rings. The van der Waals surface area contributed by atoms with E-state index in [1.807, 2.05) is 13.1 Å². The molecule has 1 heterocycles. The van der Waals surface area contributed by atoms with Gasteiger partial charge in [0.15, 0.2) is 0 Å². The Balaban J connectivity index is 2.50. The second-order valence-electron chi connectivity index (χ2n) is 3.28. The molecule has 1 aromatic heterocycles. The summed E-state index contributed by atoms with van der Waals surface area (Å²) in [5.41, 5.74) is 3.48. The zero-order valence-electron chi connectivity index (χ0n) is 6.96. The maximum Gasteiger partial charge on any atom is 0.0647 e. The number of aromatic nitrogens is 2. The van der Waals surface area contributed by atoms with Crippen molar-refractivity contribution in [2.45, 2.75) is 32.6 Å². The Morgan fingerprint density at radius 3 is 3.18 bits per heavy atom. The van der Waals surface area contributed by atoms with Crippen LogP contribution in [-0.4, -0.2) is 9.97 Å². The summed E-state index contributed by atoms with van der Waals surface area (Å²) in [4.78, 5) is 8.82. The topological polar surface area (TPSA) is 25.8 Å². The molecule has 1 aliphatic carbocycles. The predicted molar refractivity (Wildman–Crippen MR) is 43.5 cm³/mol. The molecule has 0 N–H and O–H groups in total. The Labute approximate surface area is 66.7 Å². The molecule has 0 amide bonds. The van der Waals surface area contributed by atoms with E-state index < -0.39 is 0 Å². The van der Waals surface area contributed by atoms with Crippen molar-refractivity contribution in [2.75, 3.05) is 0 Å². The van der Waals surface area contributed by atoms with Crippen molar-refractivity contribution in [3.05, 3.63) is 23.3 Å². The minimum atomic E-state index is 0.623. The first kappa shape index (κ1) is 6.77. The quantitative estimate of drug-likeness (QED) is 0.561. The molecule has 0 aromatic carbocycles. The van der Waals surface area contributed by atoms with Crippen LogP contribution in [0.3, 0.4) is 0 Å². The van der Waals surface area contributed by atoms with Gasteiger partial charge < -0.3 is 0 Å². The average Bonchev–Trinajstić information content (AvgIpc) is 2.32. The SMILES string of the molecule is Cc1cnc2c(n1)CC[C@H]2C. The lowest BCUT2D eigenvalue weighted by Crippen LogP contribution is -1.95. The monoisotopic (exact) mass is 148 g/mol. The summed E-state index contributed by atoms with van der Waals surface area (Å²) >= 11 is 0. The van der Waals surface area contributed by atoms with Crippen LogP contribution >= 0.6 is 0 Å². The Hall–Kier alpha value is -0.920. The summed E-state index contributed by atoms with van der Waals surface area (Å²) in [5.74, 6) is 0.623. The summed E-state index contributed by atoms with van der Waals surface area (Å²) in [6.07, 6.45) is 4.20. The molecule has 0 saturated heterocycles. The molecular weight excluding hydrogens is 136 g/mol. The van der Waals surface area contributed by atoms with Crippen LogP contribution in [0.25, 0.3) is 0 Å². The molecule has 0 spiro atoms. The molecule has 1 aromatic rings. The lowest BCUT2D eigenvalue weighted by Gasteiger charge is -2.01. The first-order valence-electron chi connectivity index (χ1n) is 4.10. The first-order valence-corrected chi connectivity index (χ1v) is 4.10. The van der Waals surface area contributed by atoms with Crippen LogP contribution in [-0.2, 0) is 6.42 Å². The maximum atomic E-state index is 4.44. The van der Waals surface area contributed by atoms with Crippen LogP contribution in [0.2, 0.25) is 0 Å². The lowest BCUT2D eigenvalue weighted by molar-refractivity contribution is 0.731. The number of rotatable bonds is 0. The van der Waals surface area contributed by atoms with Crippen molar-refractivity contribution in [3.63, 3.8) is 0 Å². The van der Waals surface area contributed by atoms with E-state index in [-0.39, 0.29) is 0 Å². The highest BCUT2D eigenvalue weighted by Crippen LogP contribution is 2.28. The van der Waals surface area contributed by atoms with Crippen molar-refractivity contribution >= 4 is 0 Å². The lowest BCUT2D eigenvalue weighted by atomic mass is 10.1. The van der Waals surface area contributed by atoms with Crippen LogP contribution in [0.5, 0.6) is 0 Å². The van der Waals surface area contributed by atoms with Gasteiger partial charge in [-0.15, -0.1) is 0 Å². The Kier molecular flexibility index (Phi) is 1.41. The van der Waals surface area contributed by atoms with Crippen molar-refractivity contribution < 1.29 is 0 Å². The van der Waals surface area contributed by atoms with E-state index in [1.165, 1.54) is 17.8 Å². The molecule has 0 aliphatic heterocycles. The van der Waals surface area contributed by atoms with E-state index in [0.29, 0.717) is 5.92 Å². The van der Waals surface area contributed by atoms with Gasteiger partial charge in [-0.25, -0.2) is 0 Å². The Morgan fingerprint density at radius 1 is 1.55 bits per heavy atom. The molecule has 2 heteroatoms. The van der Waals surface area contributed by atoms with Gasteiger partial charge in [0, 0.05) is 12.1 Å². The standard InChI is InChI=1S/C9H12N2/c1-6-3-4-8-9(6)10-5-7(2)11-8/h5-6H,3-4H2,1-2H3/t6-/m1/s1. The number of aryl methyl sites for hydroxylation is 2. The molecule has 1 aliphatic rings. The molecule has 0 saturated carbocycles. The Bertz CT molecular complexity index is 281. The molecule has 2 rings (SSSR count).